The Hall–Kier alpha value is -0.300. The van der Waals surface area contributed by atoms with Crippen LogP contribution in [0, 0.1) is 5.92 Å². The lowest BCUT2D eigenvalue weighted by molar-refractivity contribution is 0.576. The van der Waals surface area contributed by atoms with Crippen LogP contribution < -0.4 is 5.73 Å². The van der Waals surface area contributed by atoms with Crippen molar-refractivity contribution in [1.29, 1.82) is 0 Å². The molecular weight excluding hydrogens is 122 g/mol. The molecular formula is C9H21N. The van der Waals surface area contributed by atoms with Crippen LogP contribution in [-0.4, -0.2) is 6.54 Å². The minimum absolute atomic E-state index is 0.583. The summed E-state index contributed by atoms with van der Waals surface area (Å²) in [5, 5.41) is 0. The lowest BCUT2D eigenvalue weighted by Crippen LogP contribution is -1.90. The van der Waals surface area contributed by atoms with Crippen LogP contribution in [0.5, 0.6) is 0 Å². The zero-order valence-electron chi connectivity index (χ0n) is 7.56. The average Bonchev–Trinajstić information content (AvgIpc) is 1.89. The molecule has 0 aromatic heterocycles. The van der Waals surface area contributed by atoms with Gasteiger partial charge in [-0.05, 0) is 5.92 Å². The van der Waals surface area contributed by atoms with Crippen molar-refractivity contribution in [3.63, 3.8) is 0 Å². The molecule has 0 aromatic rings. The van der Waals surface area contributed by atoms with Crippen LogP contribution in [0.25, 0.3) is 0 Å². The van der Waals surface area contributed by atoms with Gasteiger partial charge in [0, 0.05) is 6.54 Å². The molecule has 0 aliphatic carbocycles. The normalized spacial score (nSPS) is 8.50. The third kappa shape index (κ3) is 25.2. The second-order valence-corrected chi connectivity index (χ2v) is 2.71. The molecule has 0 radical (unpaired) electrons. The van der Waals surface area contributed by atoms with Crippen LogP contribution in [0.1, 0.15) is 33.6 Å². The number of hydrogen-bond acceptors (Lipinski definition) is 1. The molecule has 0 aliphatic rings. The maximum Gasteiger partial charge on any atom is 0.0104 e. The molecule has 0 unspecified atom stereocenters. The number of rotatable bonds is 3. The van der Waals surface area contributed by atoms with E-state index in [1.807, 2.05) is 0 Å². The molecule has 0 amide bonds. The molecule has 0 saturated carbocycles. The average molecular weight is 143 g/mol. The van der Waals surface area contributed by atoms with Crippen LogP contribution in [0.15, 0.2) is 12.7 Å². The highest BCUT2D eigenvalue weighted by Gasteiger charge is 1.85. The van der Waals surface area contributed by atoms with Crippen molar-refractivity contribution in [3.05, 3.63) is 12.7 Å². The predicted molar refractivity (Wildman–Crippen MR) is 49.0 cm³/mol. The summed E-state index contributed by atoms with van der Waals surface area (Å²) in [6.07, 6.45) is 4.36. The Labute approximate surface area is 65.3 Å². The van der Waals surface area contributed by atoms with Gasteiger partial charge in [-0.3, -0.25) is 0 Å². The van der Waals surface area contributed by atoms with E-state index in [1.165, 1.54) is 12.8 Å². The fourth-order valence-corrected chi connectivity index (χ4v) is 0.577. The summed E-state index contributed by atoms with van der Waals surface area (Å²) in [5.74, 6) is 0.898. The summed E-state index contributed by atoms with van der Waals surface area (Å²) >= 11 is 0. The van der Waals surface area contributed by atoms with Gasteiger partial charge in [-0.2, -0.15) is 0 Å². The zero-order chi connectivity index (χ0) is 8.41. The van der Waals surface area contributed by atoms with Gasteiger partial charge < -0.3 is 5.73 Å². The fourth-order valence-electron chi connectivity index (χ4n) is 0.577. The Morgan fingerprint density at radius 1 is 1.50 bits per heavy atom. The van der Waals surface area contributed by atoms with Gasteiger partial charge in [0.1, 0.15) is 0 Å². The molecule has 1 heteroatoms. The second-order valence-electron chi connectivity index (χ2n) is 2.71. The van der Waals surface area contributed by atoms with Crippen LogP contribution in [0.4, 0.5) is 0 Å². The minimum atomic E-state index is 0.583. The Morgan fingerprint density at radius 2 is 1.90 bits per heavy atom. The first kappa shape index (κ1) is 12.4. The van der Waals surface area contributed by atoms with Gasteiger partial charge in [-0.25, -0.2) is 0 Å². The maximum atomic E-state index is 4.91. The molecule has 62 valence electrons. The third-order valence-electron chi connectivity index (χ3n) is 1.03. The van der Waals surface area contributed by atoms with Gasteiger partial charge in [-0.15, -0.1) is 6.58 Å². The van der Waals surface area contributed by atoms with E-state index in [1.54, 1.807) is 6.08 Å². The summed E-state index contributed by atoms with van der Waals surface area (Å²) in [6, 6.07) is 0. The number of hydrogen-bond donors (Lipinski definition) is 1. The maximum absolute atomic E-state index is 4.91. The lowest BCUT2D eigenvalue weighted by atomic mass is 10.1. The topological polar surface area (TPSA) is 26.0 Å². The van der Waals surface area contributed by atoms with Crippen molar-refractivity contribution in [1.82, 2.24) is 0 Å². The van der Waals surface area contributed by atoms with Gasteiger partial charge in [0.05, 0.1) is 0 Å². The highest BCUT2D eigenvalue weighted by Crippen LogP contribution is 2.00. The van der Waals surface area contributed by atoms with E-state index < -0.39 is 0 Å². The van der Waals surface area contributed by atoms with Crippen LogP contribution in [-0.2, 0) is 0 Å². The van der Waals surface area contributed by atoms with Crippen LogP contribution >= 0.6 is 0 Å². The Balaban J connectivity index is 0. The molecule has 0 atom stereocenters. The molecule has 10 heavy (non-hydrogen) atoms. The highest BCUT2D eigenvalue weighted by atomic mass is 14.5. The molecule has 2 N–H and O–H groups in total. The fraction of sp³-hybridized carbons (Fsp3) is 0.778. The molecule has 0 spiro atoms. The van der Waals surface area contributed by atoms with Crippen molar-refractivity contribution in [2.45, 2.75) is 33.6 Å². The van der Waals surface area contributed by atoms with E-state index in [0.717, 1.165) is 5.92 Å². The predicted octanol–water partition coefficient (Wildman–Crippen LogP) is 2.57. The third-order valence-corrected chi connectivity index (χ3v) is 1.03. The smallest absolute Gasteiger partial charge is 0.0104 e. The van der Waals surface area contributed by atoms with E-state index in [-0.39, 0.29) is 0 Å². The standard InChI is InChI=1S/C6H14.C3H7N/c1-4-5-6(2)3;1-2-3-4/h6H,4-5H2,1-3H3;2H,1,3-4H2. The van der Waals surface area contributed by atoms with E-state index in [9.17, 15) is 0 Å². The molecule has 0 aromatic carbocycles. The van der Waals surface area contributed by atoms with E-state index in [4.69, 9.17) is 5.73 Å². The summed E-state index contributed by atoms with van der Waals surface area (Å²) < 4.78 is 0. The zero-order valence-corrected chi connectivity index (χ0v) is 7.56. The van der Waals surface area contributed by atoms with Crippen molar-refractivity contribution >= 4 is 0 Å². The van der Waals surface area contributed by atoms with Crippen molar-refractivity contribution < 1.29 is 0 Å². The molecule has 0 rings (SSSR count). The largest absolute Gasteiger partial charge is 0.327 e. The van der Waals surface area contributed by atoms with Crippen molar-refractivity contribution in [2.24, 2.45) is 11.7 Å². The monoisotopic (exact) mass is 143 g/mol. The second kappa shape index (κ2) is 11.5. The van der Waals surface area contributed by atoms with Crippen molar-refractivity contribution in [2.75, 3.05) is 6.54 Å². The minimum Gasteiger partial charge on any atom is -0.327 e. The van der Waals surface area contributed by atoms with Gasteiger partial charge in [0.15, 0.2) is 0 Å². The van der Waals surface area contributed by atoms with Gasteiger partial charge in [0.2, 0.25) is 0 Å². The summed E-state index contributed by atoms with van der Waals surface area (Å²) in [5.41, 5.74) is 4.91. The molecule has 0 bridgehead atoms. The highest BCUT2D eigenvalue weighted by molar-refractivity contribution is 4.64. The molecule has 0 saturated heterocycles. The lowest BCUT2D eigenvalue weighted by Gasteiger charge is -1.95. The first-order valence-electron chi connectivity index (χ1n) is 3.99. The molecule has 1 nitrogen and oxygen atoms in total. The van der Waals surface area contributed by atoms with E-state index in [2.05, 4.69) is 27.4 Å². The Morgan fingerprint density at radius 3 is 1.90 bits per heavy atom. The molecule has 0 fully saturated rings. The summed E-state index contributed by atoms with van der Waals surface area (Å²) in [6.45, 7) is 10.7. The summed E-state index contributed by atoms with van der Waals surface area (Å²) in [4.78, 5) is 0. The van der Waals surface area contributed by atoms with E-state index >= 15 is 0 Å². The SMILES string of the molecule is C=CCN.CCCC(C)C. The number of nitrogens with two attached hydrogens (primary N) is 1. The molecule has 0 heterocycles. The quantitative estimate of drug-likeness (QED) is 0.604. The summed E-state index contributed by atoms with van der Waals surface area (Å²) in [7, 11) is 0. The Kier molecular flexibility index (Phi) is 14.2. The van der Waals surface area contributed by atoms with Crippen LogP contribution in [0.3, 0.4) is 0 Å². The van der Waals surface area contributed by atoms with Crippen molar-refractivity contribution in [3.8, 4) is 0 Å². The van der Waals surface area contributed by atoms with Crippen LogP contribution in [0.2, 0.25) is 0 Å². The first-order valence-corrected chi connectivity index (χ1v) is 3.99. The first-order chi connectivity index (χ1) is 4.68. The Bertz CT molecular complexity index is 57.7. The van der Waals surface area contributed by atoms with Gasteiger partial charge in [-0.1, -0.05) is 39.7 Å². The van der Waals surface area contributed by atoms with Gasteiger partial charge >= 0.3 is 0 Å². The molecule has 0 aliphatic heterocycles. The van der Waals surface area contributed by atoms with E-state index in [0.29, 0.717) is 6.54 Å². The van der Waals surface area contributed by atoms with Gasteiger partial charge in [0.25, 0.3) is 0 Å².